The van der Waals surface area contributed by atoms with E-state index in [0.717, 1.165) is 10.4 Å². The summed E-state index contributed by atoms with van der Waals surface area (Å²) in [5, 5.41) is 14.2. The maximum atomic E-state index is 13.4. The maximum absolute atomic E-state index is 13.4. The van der Waals surface area contributed by atoms with Crippen molar-refractivity contribution in [3.05, 3.63) is 79.1 Å². The summed E-state index contributed by atoms with van der Waals surface area (Å²) >= 11 is 1.42. The number of hydrogen-bond donors (Lipinski definition) is 1. The Bertz CT molecular complexity index is 1430. The average molecular weight is 449 g/mol. The molecular formula is C22H19N5O4S. The van der Waals surface area contributed by atoms with Gasteiger partial charge < -0.3 is 5.32 Å². The van der Waals surface area contributed by atoms with Crippen LogP contribution in [0.5, 0.6) is 0 Å². The molecule has 0 aliphatic rings. The van der Waals surface area contributed by atoms with E-state index < -0.39 is 10.8 Å². The minimum Gasteiger partial charge on any atom is -0.324 e. The van der Waals surface area contributed by atoms with E-state index >= 15 is 0 Å². The largest absolute Gasteiger partial charge is 0.324 e. The van der Waals surface area contributed by atoms with Gasteiger partial charge in [0.2, 0.25) is 5.91 Å². The predicted octanol–water partition coefficient (Wildman–Crippen LogP) is 3.99. The molecule has 0 aliphatic carbocycles. The number of rotatable bonds is 5. The number of thiophene rings is 1. The molecule has 3 aromatic heterocycles. The van der Waals surface area contributed by atoms with Crippen molar-refractivity contribution >= 4 is 38.8 Å². The van der Waals surface area contributed by atoms with Crippen molar-refractivity contribution in [1.82, 2.24) is 14.5 Å². The van der Waals surface area contributed by atoms with Gasteiger partial charge in [-0.25, -0.2) is 4.98 Å². The fourth-order valence-corrected chi connectivity index (χ4v) is 4.38. The number of nitrogens with one attached hydrogen (secondary N) is 1. The molecule has 0 fully saturated rings. The quantitative estimate of drug-likeness (QED) is 0.363. The Labute approximate surface area is 186 Å². The van der Waals surface area contributed by atoms with Crippen LogP contribution in [0.3, 0.4) is 0 Å². The Morgan fingerprint density at radius 3 is 2.69 bits per heavy atom. The maximum Gasteiger partial charge on any atom is 0.271 e. The molecule has 9 nitrogen and oxygen atoms in total. The van der Waals surface area contributed by atoms with Gasteiger partial charge in [0.1, 0.15) is 17.1 Å². The fraction of sp³-hybridized carbons (Fsp3) is 0.182. The Balaban J connectivity index is 1.78. The highest BCUT2D eigenvalue weighted by Crippen LogP contribution is 2.28. The van der Waals surface area contributed by atoms with Crippen LogP contribution in [0.15, 0.2) is 47.4 Å². The first-order valence-corrected chi connectivity index (χ1v) is 10.5. The average Bonchev–Trinajstić information content (AvgIpc) is 3.05. The lowest BCUT2D eigenvalue weighted by Crippen LogP contribution is -2.30. The van der Waals surface area contributed by atoms with Crippen LogP contribution >= 0.6 is 11.3 Å². The molecular weight excluding hydrogens is 430 g/mol. The molecule has 0 radical (unpaired) electrons. The van der Waals surface area contributed by atoms with Gasteiger partial charge in [-0.3, -0.25) is 29.3 Å². The van der Waals surface area contributed by atoms with Gasteiger partial charge in [-0.05, 0) is 44.0 Å². The second-order valence-electron chi connectivity index (χ2n) is 7.31. The molecule has 1 N–H and O–H groups in total. The number of nitro benzene ring substituents is 1. The van der Waals surface area contributed by atoms with Crippen LogP contribution < -0.4 is 10.9 Å². The van der Waals surface area contributed by atoms with Crippen molar-refractivity contribution in [2.75, 3.05) is 5.32 Å². The SMILES string of the molecule is Cc1ccc([N+](=O)[O-])cc1NC(=O)Cn1c(-c2ccccn2)nc2sc(C)c(C)c2c1=O. The van der Waals surface area contributed by atoms with Crippen molar-refractivity contribution in [3.8, 4) is 11.5 Å². The van der Waals surface area contributed by atoms with Crippen LogP contribution in [0.1, 0.15) is 16.0 Å². The van der Waals surface area contributed by atoms with Crippen LogP contribution in [0.2, 0.25) is 0 Å². The molecule has 162 valence electrons. The van der Waals surface area contributed by atoms with Crippen LogP contribution in [0.4, 0.5) is 11.4 Å². The summed E-state index contributed by atoms with van der Waals surface area (Å²) in [5.74, 6) is -0.214. The number of fused-ring (bicyclic) bond motifs is 1. The van der Waals surface area contributed by atoms with E-state index in [-0.39, 0.29) is 23.6 Å². The first-order valence-electron chi connectivity index (χ1n) is 9.73. The number of aromatic nitrogens is 3. The topological polar surface area (TPSA) is 120 Å². The first-order chi connectivity index (χ1) is 15.3. The molecule has 0 atom stereocenters. The number of anilines is 1. The minimum absolute atomic E-state index is 0.135. The second kappa shape index (κ2) is 8.31. The number of hydrogen-bond acceptors (Lipinski definition) is 7. The van der Waals surface area contributed by atoms with Gasteiger partial charge in [-0.15, -0.1) is 11.3 Å². The molecule has 0 saturated carbocycles. The summed E-state index contributed by atoms with van der Waals surface area (Å²) in [6.45, 7) is 5.19. The van der Waals surface area contributed by atoms with Gasteiger partial charge in [0.05, 0.1) is 16.0 Å². The zero-order valence-electron chi connectivity index (χ0n) is 17.6. The minimum atomic E-state index is -0.529. The molecule has 4 rings (SSSR count). The zero-order chi connectivity index (χ0) is 23.0. The highest BCUT2D eigenvalue weighted by Gasteiger charge is 2.20. The molecule has 0 bridgehead atoms. The molecule has 0 saturated heterocycles. The van der Waals surface area contributed by atoms with E-state index in [4.69, 9.17) is 0 Å². The first kappa shape index (κ1) is 21.3. The number of carbonyl (C=O) groups excluding carboxylic acids is 1. The highest BCUT2D eigenvalue weighted by molar-refractivity contribution is 7.18. The molecule has 10 heteroatoms. The number of pyridine rings is 1. The van der Waals surface area contributed by atoms with Crippen molar-refractivity contribution < 1.29 is 9.72 Å². The van der Waals surface area contributed by atoms with E-state index in [1.54, 1.807) is 37.4 Å². The Morgan fingerprint density at radius 1 is 1.22 bits per heavy atom. The van der Waals surface area contributed by atoms with Crippen LogP contribution in [-0.4, -0.2) is 25.4 Å². The number of nitrogens with zero attached hydrogens (tertiary/aromatic N) is 4. The molecule has 0 unspecified atom stereocenters. The van der Waals surface area contributed by atoms with Gasteiger partial charge in [0.15, 0.2) is 5.82 Å². The number of non-ortho nitro benzene ring substituents is 1. The van der Waals surface area contributed by atoms with Crippen molar-refractivity contribution in [2.24, 2.45) is 0 Å². The molecule has 32 heavy (non-hydrogen) atoms. The fourth-order valence-electron chi connectivity index (χ4n) is 3.36. The number of nitro groups is 1. The number of carbonyl (C=O) groups is 1. The van der Waals surface area contributed by atoms with E-state index in [2.05, 4.69) is 15.3 Å². The normalized spacial score (nSPS) is 11.0. The lowest BCUT2D eigenvalue weighted by Gasteiger charge is -2.13. The Hall–Kier alpha value is -3.92. The summed E-state index contributed by atoms with van der Waals surface area (Å²) in [4.78, 5) is 47.4. The van der Waals surface area contributed by atoms with Gasteiger partial charge in [0, 0.05) is 23.2 Å². The lowest BCUT2D eigenvalue weighted by atomic mass is 10.2. The number of amides is 1. The van der Waals surface area contributed by atoms with E-state index in [9.17, 15) is 19.7 Å². The number of aryl methyl sites for hydroxylation is 3. The van der Waals surface area contributed by atoms with Crippen LogP contribution in [0.25, 0.3) is 21.7 Å². The molecule has 4 aromatic rings. The van der Waals surface area contributed by atoms with E-state index in [1.807, 2.05) is 13.8 Å². The van der Waals surface area contributed by atoms with Crippen LogP contribution in [-0.2, 0) is 11.3 Å². The lowest BCUT2D eigenvalue weighted by molar-refractivity contribution is -0.384. The van der Waals surface area contributed by atoms with Crippen molar-refractivity contribution in [1.29, 1.82) is 0 Å². The number of benzene rings is 1. The summed E-state index contributed by atoms with van der Waals surface area (Å²) < 4.78 is 1.30. The zero-order valence-corrected chi connectivity index (χ0v) is 18.4. The predicted molar refractivity (Wildman–Crippen MR) is 123 cm³/mol. The van der Waals surface area contributed by atoms with Gasteiger partial charge in [-0.1, -0.05) is 12.1 Å². The standard InChI is InChI=1S/C22H19N5O4S/c1-12-7-8-15(27(30)31)10-17(12)24-18(28)11-26-20(16-6-4-5-9-23-16)25-21-19(22(26)29)13(2)14(3)32-21/h4-10H,11H2,1-3H3,(H,24,28). The molecule has 0 spiro atoms. The second-order valence-corrected chi connectivity index (χ2v) is 8.51. The summed E-state index contributed by atoms with van der Waals surface area (Å²) in [6, 6.07) is 9.48. The summed E-state index contributed by atoms with van der Waals surface area (Å²) in [6.07, 6.45) is 1.59. The van der Waals surface area contributed by atoms with Gasteiger partial charge in [-0.2, -0.15) is 0 Å². The van der Waals surface area contributed by atoms with Crippen molar-refractivity contribution in [2.45, 2.75) is 27.3 Å². The molecule has 1 amide bonds. The molecule has 0 aliphatic heterocycles. The van der Waals surface area contributed by atoms with E-state index in [0.29, 0.717) is 27.2 Å². The smallest absolute Gasteiger partial charge is 0.271 e. The molecule has 1 aromatic carbocycles. The third kappa shape index (κ3) is 3.87. The van der Waals surface area contributed by atoms with Gasteiger partial charge in [0.25, 0.3) is 11.2 Å². The van der Waals surface area contributed by atoms with Gasteiger partial charge >= 0.3 is 0 Å². The Kier molecular flexibility index (Phi) is 5.54. The van der Waals surface area contributed by atoms with Crippen LogP contribution in [0, 0.1) is 30.9 Å². The third-order valence-corrected chi connectivity index (χ3v) is 6.29. The monoisotopic (exact) mass is 449 g/mol. The molecule has 3 heterocycles. The highest BCUT2D eigenvalue weighted by atomic mass is 32.1. The summed E-state index contributed by atoms with van der Waals surface area (Å²) in [7, 11) is 0. The van der Waals surface area contributed by atoms with Crippen molar-refractivity contribution in [3.63, 3.8) is 0 Å². The third-order valence-electron chi connectivity index (χ3n) is 5.19. The van der Waals surface area contributed by atoms with E-state index in [1.165, 1.54) is 28.0 Å². The summed E-state index contributed by atoms with van der Waals surface area (Å²) in [5.41, 5.74) is 1.81. The Morgan fingerprint density at radius 2 is 2.00 bits per heavy atom.